The minimum absolute atomic E-state index is 0.0824. The third kappa shape index (κ3) is 3.35. The van der Waals surface area contributed by atoms with E-state index in [1.807, 2.05) is 0 Å². The van der Waals surface area contributed by atoms with Crippen LogP contribution in [0.1, 0.15) is 22.3 Å². The average Bonchev–Trinajstić information content (AvgIpc) is 2.37. The maximum absolute atomic E-state index is 10.8. The molecule has 1 N–H and O–H groups in total. The lowest BCUT2D eigenvalue weighted by Gasteiger charge is -2.09. The van der Waals surface area contributed by atoms with Gasteiger partial charge in [-0.1, -0.05) is 12.2 Å². The smallest absolute Gasteiger partial charge is 0.307 e. The normalized spacial score (nSPS) is 10.3. The van der Waals surface area contributed by atoms with Crippen LogP contribution in [0.2, 0.25) is 0 Å². The first kappa shape index (κ1) is 13.8. The average molecular weight is 250 g/mol. The molecule has 0 aliphatic heterocycles. The van der Waals surface area contributed by atoms with Gasteiger partial charge in [0.2, 0.25) is 0 Å². The Morgan fingerprint density at radius 2 is 1.78 bits per heavy atom. The molecule has 0 radical (unpaired) electrons. The Morgan fingerprint density at radius 3 is 2.28 bits per heavy atom. The molecular formula is C13H14O5. The lowest BCUT2D eigenvalue weighted by molar-refractivity contribution is -0.135. The zero-order chi connectivity index (χ0) is 13.5. The Morgan fingerprint density at radius 1 is 1.22 bits per heavy atom. The molecule has 0 aliphatic rings. The molecule has 0 aromatic heterocycles. The SMILES string of the molecule is COc1cc(C=CCC(=O)O)c(OC)cc1C=O. The lowest BCUT2D eigenvalue weighted by atomic mass is 10.1. The molecular weight excluding hydrogens is 236 g/mol. The monoisotopic (exact) mass is 250 g/mol. The second-order valence-electron chi connectivity index (χ2n) is 3.45. The van der Waals surface area contributed by atoms with E-state index in [0.29, 0.717) is 28.9 Å². The third-order valence-electron chi connectivity index (χ3n) is 2.30. The zero-order valence-corrected chi connectivity index (χ0v) is 10.2. The van der Waals surface area contributed by atoms with Crippen molar-refractivity contribution in [1.29, 1.82) is 0 Å². The van der Waals surface area contributed by atoms with Gasteiger partial charge < -0.3 is 14.6 Å². The van der Waals surface area contributed by atoms with Crippen LogP contribution in [-0.4, -0.2) is 31.6 Å². The summed E-state index contributed by atoms with van der Waals surface area (Å²) in [6, 6.07) is 3.17. The van der Waals surface area contributed by atoms with Crippen LogP contribution in [0.15, 0.2) is 18.2 Å². The fourth-order valence-corrected chi connectivity index (χ4v) is 1.45. The summed E-state index contributed by atoms with van der Waals surface area (Å²) in [6.07, 6.45) is 3.71. The van der Waals surface area contributed by atoms with E-state index in [-0.39, 0.29) is 6.42 Å². The summed E-state index contributed by atoms with van der Waals surface area (Å²) in [5.74, 6) is -0.0120. The van der Waals surface area contributed by atoms with Crippen molar-refractivity contribution in [2.24, 2.45) is 0 Å². The van der Waals surface area contributed by atoms with Crippen LogP contribution < -0.4 is 9.47 Å². The van der Waals surface area contributed by atoms with Crippen molar-refractivity contribution >= 4 is 18.3 Å². The van der Waals surface area contributed by atoms with Gasteiger partial charge >= 0.3 is 5.97 Å². The topological polar surface area (TPSA) is 72.8 Å². The third-order valence-corrected chi connectivity index (χ3v) is 2.30. The van der Waals surface area contributed by atoms with Crippen molar-refractivity contribution in [2.45, 2.75) is 6.42 Å². The van der Waals surface area contributed by atoms with Crippen LogP contribution in [0.4, 0.5) is 0 Å². The number of carbonyl (C=O) groups is 2. The summed E-state index contributed by atoms with van der Waals surface area (Å²) >= 11 is 0. The maximum atomic E-state index is 10.8. The molecule has 0 amide bonds. The van der Waals surface area contributed by atoms with E-state index in [2.05, 4.69) is 0 Å². The molecule has 0 fully saturated rings. The van der Waals surface area contributed by atoms with Crippen molar-refractivity contribution in [3.05, 3.63) is 29.3 Å². The molecule has 0 aliphatic carbocycles. The fourth-order valence-electron chi connectivity index (χ4n) is 1.45. The summed E-state index contributed by atoms with van der Waals surface area (Å²) in [5, 5.41) is 8.55. The fraction of sp³-hybridized carbons (Fsp3) is 0.231. The molecule has 1 aromatic rings. The number of ether oxygens (including phenoxy) is 2. The number of hydrogen-bond donors (Lipinski definition) is 1. The van der Waals surface area contributed by atoms with E-state index in [9.17, 15) is 9.59 Å². The van der Waals surface area contributed by atoms with Crippen molar-refractivity contribution < 1.29 is 24.2 Å². The number of carbonyl (C=O) groups excluding carboxylic acids is 1. The minimum atomic E-state index is -0.915. The first-order valence-corrected chi connectivity index (χ1v) is 5.22. The summed E-state index contributed by atoms with van der Waals surface area (Å²) in [5.41, 5.74) is 1.03. The van der Waals surface area contributed by atoms with Gasteiger partial charge in [-0.15, -0.1) is 0 Å². The molecule has 0 spiro atoms. The number of aliphatic carboxylic acids is 1. The molecule has 5 nitrogen and oxygen atoms in total. The first-order valence-electron chi connectivity index (χ1n) is 5.22. The number of carboxylic acid groups (broad SMARTS) is 1. The first-order chi connectivity index (χ1) is 8.62. The van der Waals surface area contributed by atoms with Gasteiger partial charge in [-0.25, -0.2) is 0 Å². The molecule has 0 unspecified atom stereocenters. The van der Waals surface area contributed by atoms with E-state index < -0.39 is 5.97 Å². The summed E-state index contributed by atoms with van der Waals surface area (Å²) in [4.78, 5) is 21.3. The lowest BCUT2D eigenvalue weighted by Crippen LogP contribution is -1.95. The second kappa shape index (κ2) is 6.44. The van der Waals surface area contributed by atoms with E-state index in [0.717, 1.165) is 0 Å². The Kier molecular flexibility index (Phi) is 4.92. The molecule has 0 atom stereocenters. The molecule has 1 rings (SSSR count). The van der Waals surface area contributed by atoms with Gasteiger partial charge in [0.05, 0.1) is 26.2 Å². The van der Waals surface area contributed by atoms with Crippen molar-refractivity contribution in [3.8, 4) is 11.5 Å². The molecule has 0 saturated heterocycles. The van der Waals surface area contributed by atoms with Crippen LogP contribution in [0.3, 0.4) is 0 Å². The number of hydrogen-bond acceptors (Lipinski definition) is 4. The number of aldehydes is 1. The van der Waals surface area contributed by atoms with Crippen LogP contribution in [0, 0.1) is 0 Å². The summed E-state index contributed by atoms with van der Waals surface area (Å²) in [6.45, 7) is 0. The highest BCUT2D eigenvalue weighted by molar-refractivity contribution is 5.82. The molecule has 0 heterocycles. The van der Waals surface area contributed by atoms with Gasteiger partial charge in [0.25, 0.3) is 0 Å². The standard InChI is InChI=1S/C13H14O5/c1-17-11-7-10(8-14)12(18-2)6-9(11)4-3-5-13(15)16/h3-4,6-8H,5H2,1-2H3,(H,15,16). The van der Waals surface area contributed by atoms with Crippen molar-refractivity contribution in [3.63, 3.8) is 0 Å². The van der Waals surface area contributed by atoms with Crippen LogP contribution >= 0.6 is 0 Å². The number of carboxylic acids is 1. The highest BCUT2D eigenvalue weighted by Gasteiger charge is 2.08. The molecule has 0 saturated carbocycles. The van der Waals surface area contributed by atoms with Gasteiger partial charge in [-0.2, -0.15) is 0 Å². The number of methoxy groups -OCH3 is 2. The highest BCUT2D eigenvalue weighted by atomic mass is 16.5. The van der Waals surface area contributed by atoms with Gasteiger partial charge in [-0.3, -0.25) is 9.59 Å². The Hall–Kier alpha value is -2.30. The predicted octanol–water partition coefficient (Wildman–Crippen LogP) is 2.00. The molecule has 18 heavy (non-hydrogen) atoms. The van der Waals surface area contributed by atoms with Gasteiger partial charge in [0.15, 0.2) is 6.29 Å². The second-order valence-corrected chi connectivity index (χ2v) is 3.45. The molecule has 5 heteroatoms. The van der Waals surface area contributed by atoms with E-state index in [4.69, 9.17) is 14.6 Å². The van der Waals surface area contributed by atoms with E-state index in [1.165, 1.54) is 20.3 Å². The maximum Gasteiger partial charge on any atom is 0.307 e. The number of rotatable bonds is 6. The molecule has 96 valence electrons. The van der Waals surface area contributed by atoms with Crippen LogP contribution in [-0.2, 0) is 4.79 Å². The van der Waals surface area contributed by atoms with Gasteiger partial charge in [0.1, 0.15) is 11.5 Å². The Bertz CT molecular complexity index is 477. The van der Waals surface area contributed by atoms with E-state index in [1.54, 1.807) is 18.2 Å². The Labute approximate surface area is 105 Å². The number of benzene rings is 1. The van der Waals surface area contributed by atoms with Crippen molar-refractivity contribution in [1.82, 2.24) is 0 Å². The van der Waals surface area contributed by atoms with Gasteiger partial charge in [0, 0.05) is 5.56 Å². The van der Waals surface area contributed by atoms with Gasteiger partial charge in [-0.05, 0) is 12.1 Å². The minimum Gasteiger partial charge on any atom is -0.496 e. The van der Waals surface area contributed by atoms with E-state index >= 15 is 0 Å². The Balaban J connectivity index is 3.13. The van der Waals surface area contributed by atoms with Crippen LogP contribution in [0.25, 0.3) is 6.08 Å². The highest BCUT2D eigenvalue weighted by Crippen LogP contribution is 2.28. The summed E-state index contributed by atoms with van der Waals surface area (Å²) in [7, 11) is 2.94. The molecule has 0 bridgehead atoms. The zero-order valence-electron chi connectivity index (χ0n) is 10.2. The predicted molar refractivity (Wildman–Crippen MR) is 66.2 cm³/mol. The quantitative estimate of drug-likeness (QED) is 0.782. The largest absolute Gasteiger partial charge is 0.496 e. The van der Waals surface area contributed by atoms with Crippen molar-refractivity contribution in [2.75, 3.05) is 14.2 Å². The van der Waals surface area contributed by atoms with Crippen LogP contribution in [0.5, 0.6) is 11.5 Å². The molecule has 1 aromatic carbocycles. The summed E-state index contributed by atoms with van der Waals surface area (Å²) < 4.78 is 10.2.